The Kier molecular flexibility index (Phi) is 3.47. The Balaban J connectivity index is 2.14. The van der Waals surface area contributed by atoms with Crippen molar-refractivity contribution in [3.8, 4) is 0 Å². The van der Waals surface area contributed by atoms with Crippen LogP contribution in [0.15, 0.2) is 24.4 Å². The molecule has 94 valence electrons. The number of aromatic carboxylic acids is 1. The molecule has 6 heteroatoms. The van der Waals surface area contributed by atoms with Gasteiger partial charge in [0.15, 0.2) is 0 Å². The number of hydrogen-bond donors (Lipinski definition) is 3. The third kappa shape index (κ3) is 2.60. The molecular weight excluding hydrogens is 250 g/mol. The maximum atomic E-state index is 10.9. The van der Waals surface area contributed by atoms with Crippen LogP contribution in [0.25, 0.3) is 0 Å². The van der Waals surface area contributed by atoms with Crippen molar-refractivity contribution in [3.05, 3.63) is 39.7 Å². The first kappa shape index (κ1) is 12.4. The Bertz CT molecular complexity index is 580. The molecule has 0 saturated heterocycles. The van der Waals surface area contributed by atoms with Crippen molar-refractivity contribution >= 4 is 28.8 Å². The molecule has 0 radical (unpaired) electrons. The van der Waals surface area contributed by atoms with Gasteiger partial charge in [-0.15, -0.1) is 11.3 Å². The number of hydrogen-bond acceptors (Lipinski definition) is 5. The molecule has 18 heavy (non-hydrogen) atoms. The lowest BCUT2D eigenvalue weighted by Gasteiger charge is -2.08. The zero-order valence-electron chi connectivity index (χ0n) is 9.80. The van der Waals surface area contributed by atoms with E-state index in [1.165, 1.54) is 17.1 Å². The molecule has 0 aromatic carbocycles. The number of thiophene rings is 1. The van der Waals surface area contributed by atoms with Gasteiger partial charge in [0, 0.05) is 16.0 Å². The molecule has 0 bridgehead atoms. The molecule has 2 rings (SSSR count). The second-order valence-corrected chi connectivity index (χ2v) is 5.16. The maximum absolute atomic E-state index is 10.9. The molecule has 0 atom stereocenters. The lowest BCUT2D eigenvalue weighted by atomic mass is 10.2. The second-order valence-electron chi connectivity index (χ2n) is 3.79. The number of nitrogens with zero attached hydrogens (tertiary/aromatic N) is 1. The number of nitrogen functional groups attached to an aromatic ring is 1. The van der Waals surface area contributed by atoms with Crippen LogP contribution in [0.4, 0.5) is 11.5 Å². The van der Waals surface area contributed by atoms with E-state index in [4.69, 9.17) is 10.8 Å². The van der Waals surface area contributed by atoms with Crippen LogP contribution in [0.3, 0.4) is 0 Å². The van der Waals surface area contributed by atoms with E-state index in [2.05, 4.69) is 10.3 Å². The third-order valence-corrected chi connectivity index (χ3v) is 3.45. The van der Waals surface area contributed by atoms with Gasteiger partial charge >= 0.3 is 5.97 Å². The standard InChI is InChI=1S/C12H13N3O2S/c1-7-2-3-8(18-7)6-15-11-10(13)9(12(16)17)4-5-14-11/h2-5H,6,13H2,1H3,(H,14,15)(H,16,17). The summed E-state index contributed by atoms with van der Waals surface area (Å²) in [4.78, 5) is 17.3. The topological polar surface area (TPSA) is 88.2 Å². The molecule has 0 unspecified atom stereocenters. The highest BCUT2D eigenvalue weighted by molar-refractivity contribution is 7.11. The Morgan fingerprint density at radius 3 is 2.89 bits per heavy atom. The van der Waals surface area contributed by atoms with E-state index in [-0.39, 0.29) is 11.3 Å². The number of nitrogens with one attached hydrogen (secondary N) is 1. The summed E-state index contributed by atoms with van der Waals surface area (Å²) in [5, 5.41) is 12.0. The van der Waals surface area contributed by atoms with Gasteiger partial charge in [0.1, 0.15) is 5.82 Å². The highest BCUT2D eigenvalue weighted by Gasteiger charge is 2.11. The van der Waals surface area contributed by atoms with Gasteiger partial charge in [-0.1, -0.05) is 0 Å². The minimum Gasteiger partial charge on any atom is -0.478 e. The van der Waals surface area contributed by atoms with Gasteiger partial charge in [-0.3, -0.25) is 0 Å². The van der Waals surface area contributed by atoms with E-state index < -0.39 is 5.97 Å². The van der Waals surface area contributed by atoms with Gasteiger partial charge in [0.05, 0.1) is 17.8 Å². The van der Waals surface area contributed by atoms with Gasteiger partial charge in [-0.05, 0) is 25.1 Å². The molecule has 5 nitrogen and oxygen atoms in total. The van der Waals surface area contributed by atoms with Crippen LogP contribution in [-0.4, -0.2) is 16.1 Å². The predicted molar refractivity (Wildman–Crippen MR) is 72.0 cm³/mol. The maximum Gasteiger partial charge on any atom is 0.337 e. The van der Waals surface area contributed by atoms with E-state index in [9.17, 15) is 4.79 Å². The largest absolute Gasteiger partial charge is 0.478 e. The Hall–Kier alpha value is -2.08. The number of anilines is 2. The highest BCUT2D eigenvalue weighted by Crippen LogP contribution is 2.22. The molecule has 2 heterocycles. The number of aromatic nitrogens is 1. The van der Waals surface area contributed by atoms with E-state index in [0.29, 0.717) is 12.4 Å². The summed E-state index contributed by atoms with van der Waals surface area (Å²) in [6.45, 7) is 2.62. The fourth-order valence-corrected chi connectivity index (χ4v) is 2.38. The first-order valence-corrected chi connectivity index (χ1v) is 6.16. The quantitative estimate of drug-likeness (QED) is 0.788. The summed E-state index contributed by atoms with van der Waals surface area (Å²) in [6, 6.07) is 5.44. The summed E-state index contributed by atoms with van der Waals surface area (Å²) in [7, 11) is 0. The van der Waals surface area contributed by atoms with E-state index >= 15 is 0 Å². The molecule has 0 aliphatic rings. The summed E-state index contributed by atoms with van der Waals surface area (Å²) in [5.41, 5.74) is 5.98. The molecule has 2 aromatic heterocycles. The van der Waals surface area contributed by atoms with Crippen LogP contribution < -0.4 is 11.1 Å². The molecule has 0 aliphatic heterocycles. The molecule has 2 aromatic rings. The number of pyridine rings is 1. The van der Waals surface area contributed by atoms with E-state index in [1.54, 1.807) is 11.3 Å². The number of rotatable bonds is 4. The summed E-state index contributed by atoms with van der Waals surface area (Å²) >= 11 is 1.68. The Labute approximate surface area is 108 Å². The first-order chi connectivity index (χ1) is 8.58. The van der Waals surface area contributed by atoms with Crippen LogP contribution in [-0.2, 0) is 6.54 Å². The molecule has 0 spiro atoms. The van der Waals surface area contributed by atoms with Crippen LogP contribution in [0, 0.1) is 6.92 Å². The summed E-state index contributed by atoms with van der Waals surface area (Å²) in [6.07, 6.45) is 1.43. The number of carboxylic acid groups (broad SMARTS) is 1. The van der Waals surface area contributed by atoms with Crippen LogP contribution in [0.5, 0.6) is 0 Å². The molecule has 4 N–H and O–H groups in total. The first-order valence-electron chi connectivity index (χ1n) is 5.35. The number of aryl methyl sites for hydroxylation is 1. The Morgan fingerprint density at radius 1 is 1.50 bits per heavy atom. The minimum absolute atomic E-state index is 0.0647. The van der Waals surface area contributed by atoms with Crippen molar-refractivity contribution in [2.24, 2.45) is 0 Å². The molecule has 0 fully saturated rings. The smallest absolute Gasteiger partial charge is 0.337 e. The van der Waals surface area contributed by atoms with Gasteiger partial charge < -0.3 is 16.2 Å². The van der Waals surface area contributed by atoms with Crippen molar-refractivity contribution in [1.29, 1.82) is 0 Å². The number of carboxylic acids is 1. The number of carbonyl (C=O) groups is 1. The Morgan fingerprint density at radius 2 is 2.28 bits per heavy atom. The monoisotopic (exact) mass is 263 g/mol. The van der Waals surface area contributed by atoms with Crippen molar-refractivity contribution in [2.75, 3.05) is 11.1 Å². The summed E-state index contributed by atoms with van der Waals surface area (Å²) in [5.74, 6) is -0.647. The molecule has 0 saturated carbocycles. The van der Waals surface area contributed by atoms with Gasteiger partial charge in [0.25, 0.3) is 0 Å². The van der Waals surface area contributed by atoms with Crippen molar-refractivity contribution in [3.63, 3.8) is 0 Å². The zero-order valence-corrected chi connectivity index (χ0v) is 10.6. The van der Waals surface area contributed by atoms with Gasteiger partial charge in [-0.25, -0.2) is 9.78 Å². The molecule has 0 aliphatic carbocycles. The van der Waals surface area contributed by atoms with Gasteiger partial charge in [-0.2, -0.15) is 0 Å². The number of nitrogens with two attached hydrogens (primary N) is 1. The van der Waals surface area contributed by atoms with Gasteiger partial charge in [0.2, 0.25) is 0 Å². The third-order valence-electron chi connectivity index (χ3n) is 2.45. The average molecular weight is 263 g/mol. The molecule has 0 amide bonds. The van der Waals surface area contributed by atoms with Crippen LogP contribution >= 0.6 is 11.3 Å². The van der Waals surface area contributed by atoms with Crippen molar-refractivity contribution in [1.82, 2.24) is 4.98 Å². The average Bonchev–Trinajstić information content (AvgIpc) is 2.73. The summed E-state index contributed by atoms with van der Waals surface area (Å²) < 4.78 is 0. The van der Waals surface area contributed by atoms with Crippen molar-refractivity contribution in [2.45, 2.75) is 13.5 Å². The normalized spacial score (nSPS) is 10.3. The van der Waals surface area contributed by atoms with Crippen molar-refractivity contribution < 1.29 is 9.90 Å². The minimum atomic E-state index is -1.05. The highest BCUT2D eigenvalue weighted by atomic mass is 32.1. The molecular formula is C12H13N3O2S. The fourth-order valence-electron chi connectivity index (χ4n) is 1.55. The zero-order chi connectivity index (χ0) is 13.1. The second kappa shape index (κ2) is 5.05. The fraction of sp³-hybridized carbons (Fsp3) is 0.167. The van der Waals surface area contributed by atoms with Crippen LogP contribution in [0.2, 0.25) is 0 Å². The SMILES string of the molecule is Cc1ccc(CNc2nccc(C(=O)O)c2N)s1. The van der Waals surface area contributed by atoms with Crippen LogP contribution in [0.1, 0.15) is 20.1 Å². The lowest BCUT2D eigenvalue weighted by Crippen LogP contribution is -2.08. The van der Waals surface area contributed by atoms with E-state index in [1.807, 2.05) is 19.1 Å². The predicted octanol–water partition coefficient (Wildman–Crippen LogP) is 2.34. The lowest BCUT2D eigenvalue weighted by molar-refractivity contribution is 0.0698. The van der Waals surface area contributed by atoms with E-state index in [0.717, 1.165) is 4.88 Å².